The van der Waals surface area contributed by atoms with Crippen LogP contribution in [0.15, 0.2) is 42.6 Å². The molecule has 3 amide bonds. The van der Waals surface area contributed by atoms with E-state index in [9.17, 15) is 9.59 Å². The number of rotatable bonds is 5. The van der Waals surface area contributed by atoms with Crippen molar-refractivity contribution in [2.24, 2.45) is 0 Å². The van der Waals surface area contributed by atoms with Crippen molar-refractivity contribution in [2.75, 3.05) is 23.7 Å². The second-order valence-electron chi connectivity index (χ2n) is 6.94. The van der Waals surface area contributed by atoms with Gasteiger partial charge in [-0.3, -0.25) is 4.79 Å². The van der Waals surface area contributed by atoms with Crippen LogP contribution in [0.2, 0.25) is 5.02 Å². The van der Waals surface area contributed by atoms with Crippen LogP contribution in [0.5, 0.6) is 0 Å². The third kappa shape index (κ3) is 5.82. The highest BCUT2D eigenvalue weighted by atomic mass is 35.5. The molecule has 2 heterocycles. The second kappa shape index (κ2) is 10.4. The molecule has 1 aliphatic heterocycles. The maximum atomic E-state index is 12.9. The third-order valence-corrected chi connectivity index (χ3v) is 4.82. The lowest BCUT2D eigenvalue weighted by atomic mass is 10.1. The highest BCUT2D eigenvalue weighted by molar-refractivity contribution is 6.30. The number of hydrogen-bond donors (Lipinski definition) is 3. The maximum absolute atomic E-state index is 12.9. The second-order valence-corrected chi connectivity index (χ2v) is 7.38. The molecule has 1 unspecified atom stereocenters. The molecule has 1 atom stereocenters. The number of anilines is 2. The van der Waals surface area contributed by atoms with E-state index in [-0.39, 0.29) is 36.4 Å². The van der Waals surface area contributed by atoms with Gasteiger partial charge in [0.05, 0.1) is 16.3 Å². The predicted octanol–water partition coefficient (Wildman–Crippen LogP) is 4.01. The summed E-state index contributed by atoms with van der Waals surface area (Å²) in [5.74, 6) is 0.0284. The molecule has 3 rings (SSSR count). The molecule has 0 bridgehead atoms. The number of nitrogens with one attached hydrogen (secondary N) is 3. The van der Waals surface area contributed by atoms with Gasteiger partial charge in [-0.25, -0.2) is 9.78 Å². The number of para-hydroxylation sites is 1. The minimum absolute atomic E-state index is 0. The highest BCUT2D eigenvalue weighted by Crippen LogP contribution is 2.20. The summed E-state index contributed by atoms with van der Waals surface area (Å²) in [6, 6.07) is 10.1. The van der Waals surface area contributed by atoms with Gasteiger partial charge in [-0.2, -0.15) is 0 Å². The molecule has 29 heavy (non-hydrogen) atoms. The van der Waals surface area contributed by atoms with Crippen LogP contribution in [0, 0.1) is 0 Å². The number of pyridine rings is 1. The Hall–Kier alpha value is -2.35. The summed E-state index contributed by atoms with van der Waals surface area (Å²) < 4.78 is 0. The number of halogens is 2. The molecule has 1 aliphatic rings. The molecule has 1 fully saturated rings. The van der Waals surface area contributed by atoms with Gasteiger partial charge in [-0.15, -0.1) is 12.4 Å². The molecule has 1 saturated heterocycles. The molecule has 2 aromatic rings. The van der Waals surface area contributed by atoms with Crippen LogP contribution in [0.1, 0.15) is 30.6 Å². The number of aromatic nitrogens is 1. The Kier molecular flexibility index (Phi) is 8.25. The molecule has 3 N–H and O–H groups in total. The number of carbonyl (C=O) groups is 2. The average Bonchev–Trinajstić information content (AvgIpc) is 3.18. The Balaban J connectivity index is 0.00000300. The Labute approximate surface area is 181 Å². The predicted molar refractivity (Wildman–Crippen MR) is 118 cm³/mol. The zero-order valence-corrected chi connectivity index (χ0v) is 17.9. The molecule has 0 radical (unpaired) electrons. The van der Waals surface area contributed by atoms with Gasteiger partial charge in [0.25, 0.3) is 5.91 Å². The Morgan fingerprint density at radius 2 is 1.97 bits per heavy atom. The topological polar surface area (TPSA) is 86.4 Å². The fourth-order valence-electron chi connectivity index (χ4n) is 3.30. The van der Waals surface area contributed by atoms with Gasteiger partial charge in [-0.1, -0.05) is 23.7 Å². The standard InChI is InChI=1S/C20H24ClN5O2.ClH/c1-13(2)26(15-9-10-22-12-15)20(28)24-17-6-4-3-5-16(17)19(27)25-18-8-7-14(21)11-23-18;/h3-8,11,13,15,22H,9-10,12H2,1-2H3,(H,24,28)(H,23,25,27);1H. The van der Waals surface area contributed by atoms with Crippen LogP contribution in [0.3, 0.4) is 0 Å². The van der Waals surface area contributed by atoms with Crippen molar-refractivity contribution in [3.63, 3.8) is 0 Å². The van der Waals surface area contributed by atoms with E-state index in [0.717, 1.165) is 19.5 Å². The molecule has 0 spiro atoms. The summed E-state index contributed by atoms with van der Waals surface area (Å²) in [5, 5.41) is 9.40. The zero-order chi connectivity index (χ0) is 20.1. The van der Waals surface area contributed by atoms with E-state index >= 15 is 0 Å². The number of carbonyl (C=O) groups excluding carboxylic acids is 2. The molecule has 9 heteroatoms. The minimum Gasteiger partial charge on any atom is -0.318 e. The fraction of sp³-hybridized carbons (Fsp3) is 0.350. The van der Waals surface area contributed by atoms with Crippen molar-refractivity contribution in [1.82, 2.24) is 15.2 Å². The monoisotopic (exact) mass is 437 g/mol. The van der Waals surface area contributed by atoms with Crippen molar-refractivity contribution < 1.29 is 9.59 Å². The number of nitrogens with zero attached hydrogens (tertiary/aromatic N) is 2. The van der Waals surface area contributed by atoms with Gasteiger partial charge in [0.15, 0.2) is 0 Å². The summed E-state index contributed by atoms with van der Waals surface area (Å²) in [6.07, 6.45) is 2.37. The van der Waals surface area contributed by atoms with Crippen LogP contribution >= 0.6 is 24.0 Å². The molecule has 1 aromatic carbocycles. The van der Waals surface area contributed by atoms with Crippen LogP contribution in [0.4, 0.5) is 16.3 Å². The van der Waals surface area contributed by atoms with Crippen LogP contribution in [-0.2, 0) is 0 Å². The lowest BCUT2D eigenvalue weighted by molar-refractivity contribution is 0.102. The van der Waals surface area contributed by atoms with Crippen LogP contribution in [-0.4, -0.2) is 47.0 Å². The van der Waals surface area contributed by atoms with E-state index in [1.165, 1.54) is 6.20 Å². The summed E-state index contributed by atoms with van der Waals surface area (Å²) in [4.78, 5) is 31.5. The summed E-state index contributed by atoms with van der Waals surface area (Å²) in [6.45, 7) is 5.65. The van der Waals surface area contributed by atoms with E-state index in [4.69, 9.17) is 11.6 Å². The maximum Gasteiger partial charge on any atom is 0.322 e. The highest BCUT2D eigenvalue weighted by Gasteiger charge is 2.29. The van der Waals surface area contributed by atoms with Crippen LogP contribution < -0.4 is 16.0 Å². The number of benzene rings is 1. The van der Waals surface area contributed by atoms with Crippen molar-refractivity contribution in [1.29, 1.82) is 0 Å². The van der Waals surface area contributed by atoms with Gasteiger partial charge in [0, 0.05) is 24.8 Å². The van der Waals surface area contributed by atoms with Crippen molar-refractivity contribution in [3.05, 3.63) is 53.2 Å². The molecule has 7 nitrogen and oxygen atoms in total. The first-order chi connectivity index (χ1) is 13.5. The molecule has 156 valence electrons. The van der Waals surface area contributed by atoms with E-state index in [1.807, 2.05) is 18.7 Å². The van der Waals surface area contributed by atoms with Gasteiger partial charge < -0.3 is 20.9 Å². The first-order valence-corrected chi connectivity index (χ1v) is 9.65. The van der Waals surface area contributed by atoms with E-state index in [1.54, 1.807) is 36.4 Å². The van der Waals surface area contributed by atoms with Gasteiger partial charge >= 0.3 is 6.03 Å². The SMILES string of the molecule is CC(C)N(C(=O)Nc1ccccc1C(=O)Nc1ccc(Cl)cn1)C1CCNC1.Cl. The lowest BCUT2D eigenvalue weighted by Gasteiger charge is -2.32. The first kappa shape index (κ1) is 22.9. The number of hydrogen-bond acceptors (Lipinski definition) is 4. The largest absolute Gasteiger partial charge is 0.322 e. The Bertz CT molecular complexity index is 839. The van der Waals surface area contributed by atoms with Gasteiger partial charge in [-0.05, 0) is 51.1 Å². The summed E-state index contributed by atoms with van der Waals surface area (Å²) >= 11 is 5.82. The summed E-state index contributed by atoms with van der Waals surface area (Å²) in [5.41, 5.74) is 0.816. The Morgan fingerprint density at radius 3 is 2.59 bits per heavy atom. The van der Waals surface area contributed by atoms with E-state index < -0.39 is 0 Å². The van der Waals surface area contributed by atoms with Crippen molar-refractivity contribution in [2.45, 2.75) is 32.4 Å². The number of urea groups is 1. The summed E-state index contributed by atoms with van der Waals surface area (Å²) in [7, 11) is 0. The van der Waals surface area contributed by atoms with Gasteiger partial charge in [0.1, 0.15) is 5.82 Å². The molecule has 0 saturated carbocycles. The lowest BCUT2D eigenvalue weighted by Crippen LogP contribution is -2.48. The first-order valence-electron chi connectivity index (χ1n) is 9.27. The molecular weight excluding hydrogens is 413 g/mol. The minimum atomic E-state index is -0.357. The Morgan fingerprint density at radius 1 is 1.21 bits per heavy atom. The smallest absolute Gasteiger partial charge is 0.318 e. The van der Waals surface area contributed by atoms with Crippen molar-refractivity contribution >= 4 is 47.5 Å². The quantitative estimate of drug-likeness (QED) is 0.659. The molecular formula is C20H25Cl2N5O2. The molecule has 1 aromatic heterocycles. The molecule has 0 aliphatic carbocycles. The normalized spacial score (nSPS) is 15.5. The zero-order valence-electron chi connectivity index (χ0n) is 16.3. The van der Waals surface area contributed by atoms with Crippen molar-refractivity contribution in [3.8, 4) is 0 Å². The van der Waals surface area contributed by atoms with E-state index in [0.29, 0.717) is 22.1 Å². The average molecular weight is 438 g/mol. The third-order valence-electron chi connectivity index (χ3n) is 4.60. The van der Waals surface area contributed by atoms with Gasteiger partial charge in [0.2, 0.25) is 0 Å². The van der Waals surface area contributed by atoms with Crippen LogP contribution in [0.25, 0.3) is 0 Å². The fourth-order valence-corrected chi connectivity index (χ4v) is 3.41. The van der Waals surface area contributed by atoms with E-state index in [2.05, 4.69) is 20.9 Å². The number of amides is 3.